The van der Waals surface area contributed by atoms with Crippen molar-refractivity contribution in [2.45, 2.75) is 19.4 Å². The molecule has 0 saturated carbocycles. The van der Waals surface area contributed by atoms with Gasteiger partial charge in [0.2, 0.25) is 5.78 Å². The number of nitrogens with one attached hydrogen (secondary N) is 1. The number of ketones is 1. The van der Waals surface area contributed by atoms with Crippen LogP contribution < -0.4 is 4.74 Å². The van der Waals surface area contributed by atoms with E-state index in [1.807, 2.05) is 48.5 Å². The minimum Gasteiger partial charge on any atom is -0.474 e. The van der Waals surface area contributed by atoms with Crippen LogP contribution in [0, 0.1) is 5.82 Å². The molecule has 4 aromatic rings. The van der Waals surface area contributed by atoms with Crippen molar-refractivity contribution in [2.24, 2.45) is 0 Å². The maximum absolute atomic E-state index is 14.2. The van der Waals surface area contributed by atoms with Gasteiger partial charge in [0.25, 0.3) is 0 Å². The Balaban J connectivity index is 1.79. The van der Waals surface area contributed by atoms with Gasteiger partial charge in [-0.1, -0.05) is 67.6 Å². The summed E-state index contributed by atoms with van der Waals surface area (Å²) in [5, 5.41) is 0.849. The summed E-state index contributed by atoms with van der Waals surface area (Å²) in [6.07, 6.45) is 1.63. The number of H-pyrrole nitrogens is 1. The van der Waals surface area contributed by atoms with E-state index in [1.54, 1.807) is 18.3 Å². The molecule has 0 fully saturated rings. The van der Waals surface area contributed by atoms with E-state index in [9.17, 15) is 9.18 Å². The van der Waals surface area contributed by atoms with Gasteiger partial charge in [0, 0.05) is 28.2 Å². The maximum Gasteiger partial charge on any atom is 0.210 e. The molecule has 0 aliphatic carbocycles. The maximum atomic E-state index is 14.2. The third-order valence-electron chi connectivity index (χ3n) is 4.87. The zero-order valence-electron chi connectivity index (χ0n) is 15.5. The second kappa shape index (κ2) is 7.69. The lowest BCUT2D eigenvalue weighted by Crippen LogP contribution is -2.19. The number of para-hydroxylation sites is 2. The van der Waals surface area contributed by atoms with Crippen LogP contribution in [0.5, 0.6) is 5.75 Å². The summed E-state index contributed by atoms with van der Waals surface area (Å²) in [6.45, 7) is 2.07. The van der Waals surface area contributed by atoms with Gasteiger partial charge in [-0.05, 0) is 24.1 Å². The van der Waals surface area contributed by atoms with Crippen LogP contribution in [0.15, 0.2) is 79.0 Å². The van der Waals surface area contributed by atoms with Crippen molar-refractivity contribution in [1.82, 2.24) is 4.98 Å². The number of Topliss-reactive ketones (excluding diaryl/α,β-unsaturated/α-hetero) is 1. The largest absolute Gasteiger partial charge is 0.474 e. The predicted molar refractivity (Wildman–Crippen MR) is 108 cm³/mol. The highest BCUT2D eigenvalue weighted by molar-refractivity contribution is 6.10. The van der Waals surface area contributed by atoms with Crippen LogP contribution in [0.4, 0.5) is 4.39 Å². The smallest absolute Gasteiger partial charge is 0.210 e. The van der Waals surface area contributed by atoms with Crippen LogP contribution >= 0.6 is 0 Å². The van der Waals surface area contributed by atoms with Crippen LogP contribution in [-0.2, 0) is 6.42 Å². The number of benzene rings is 3. The third-order valence-corrected chi connectivity index (χ3v) is 4.87. The predicted octanol–water partition coefficient (Wildman–Crippen LogP) is 5.87. The van der Waals surface area contributed by atoms with Crippen LogP contribution in [0.1, 0.15) is 34.5 Å². The Morgan fingerprint density at radius 2 is 1.75 bits per heavy atom. The average molecular weight is 373 g/mol. The van der Waals surface area contributed by atoms with Gasteiger partial charge in [-0.15, -0.1) is 0 Å². The summed E-state index contributed by atoms with van der Waals surface area (Å²) in [4.78, 5) is 16.7. The Bertz CT molecular complexity index is 1120. The third kappa shape index (κ3) is 3.29. The Labute approximate surface area is 162 Å². The fourth-order valence-electron chi connectivity index (χ4n) is 3.42. The number of aryl methyl sites for hydroxylation is 1. The highest BCUT2D eigenvalue weighted by atomic mass is 19.1. The van der Waals surface area contributed by atoms with E-state index >= 15 is 0 Å². The van der Waals surface area contributed by atoms with Gasteiger partial charge in [-0.3, -0.25) is 4.79 Å². The molecule has 1 heterocycles. The molecular weight excluding hydrogens is 353 g/mol. The van der Waals surface area contributed by atoms with Crippen LogP contribution in [0.3, 0.4) is 0 Å². The van der Waals surface area contributed by atoms with Gasteiger partial charge in [-0.2, -0.15) is 0 Å². The molecule has 1 N–H and O–H groups in total. The quantitative estimate of drug-likeness (QED) is 0.429. The lowest BCUT2D eigenvalue weighted by Gasteiger charge is -2.19. The van der Waals surface area contributed by atoms with Gasteiger partial charge in [0.05, 0.1) is 0 Å². The van der Waals surface area contributed by atoms with Crippen molar-refractivity contribution < 1.29 is 13.9 Å². The van der Waals surface area contributed by atoms with E-state index in [1.165, 1.54) is 12.1 Å². The zero-order valence-corrected chi connectivity index (χ0v) is 15.5. The number of rotatable bonds is 6. The van der Waals surface area contributed by atoms with Crippen molar-refractivity contribution in [2.75, 3.05) is 0 Å². The minimum atomic E-state index is -0.942. The topological polar surface area (TPSA) is 42.1 Å². The molecule has 0 aliphatic heterocycles. The fraction of sp³-hybridized carbons (Fsp3) is 0.125. The fourth-order valence-corrected chi connectivity index (χ4v) is 3.42. The normalized spacial score (nSPS) is 12.1. The van der Waals surface area contributed by atoms with E-state index < -0.39 is 11.9 Å². The molecule has 1 aromatic heterocycles. The van der Waals surface area contributed by atoms with Crippen molar-refractivity contribution >= 4 is 16.7 Å². The van der Waals surface area contributed by atoms with Crippen molar-refractivity contribution in [3.05, 3.63) is 102 Å². The highest BCUT2D eigenvalue weighted by Crippen LogP contribution is 2.31. The number of hydrogen-bond acceptors (Lipinski definition) is 2. The van der Waals surface area contributed by atoms with Crippen molar-refractivity contribution in [3.63, 3.8) is 0 Å². The van der Waals surface area contributed by atoms with E-state index in [0.29, 0.717) is 11.1 Å². The molecule has 0 spiro atoms. The van der Waals surface area contributed by atoms with Crippen molar-refractivity contribution in [3.8, 4) is 5.75 Å². The molecule has 0 radical (unpaired) electrons. The molecular formula is C24H20FNO2. The van der Waals surface area contributed by atoms with Crippen LogP contribution in [0.25, 0.3) is 10.9 Å². The number of hydrogen-bond donors (Lipinski definition) is 1. The standard InChI is InChI=1S/C24H20FNO2/c1-2-16-11-8-12-18-19(15-26-22(16)18)23(27)24(17-9-4-3-5-10-17)28-21-14-7-6-13-20(21)25/h3-15,24,26H,2H2,1H3/t24-/m1/s1. The first-order valence-corrected chi connectivity index (χ1v) is 9.28. The van der Waals surface area contributed by atoms with Crippen molar-refractivity contribution in [1.29, 1.82) is 0 Å². The number of aromatic nitrogens is 1. The Hall–Kier alpha value is -3.40. The van der Waals surface area contributed by atoms with Crippen LogP contribution in [-0.4, -0.2) is 10.8 Å². The van der Waals surface area contributed by atoms with E-state index in [-0.39, 0.29) is 11.5 Å². The minimum absolute atomic E-state index is 0.0544. The number of ether oxygens (including phenoxy) is 1. The first-order chi connectivity index (χ1) is 13.7. The molecule has 0 aliphatic rings. The molecule has 0 bridgehead atoms. The molecule has 3 nitrogen and oxygen atoms in total. The first-order valence-electron chi connectivity index (χ1n) is 9.28. The Morgan fingerprint density at radius 3 is 2.50 bits per heavy atom. The zero-order chi connectivity index (χ0) is 19.5. The highest BCUT2D eigenvalue weighted by Gasteiger charge is 2.27. The summed E-state index contributed by atoms with van der Waals surface area (Å²) in [7, 11) is 0. The number of aromatic amines is 1. The summed E-state index contributed by atoms with van der Waals surface area (Å²) < 4.78 is 20.1. The van der Waals surface area contributed by atoms with Gasteiger partial charge in [0.15, 0.2) is 17.7 Å². The summed E-state index contributed by atoms with van der Waals surface area (Å²) in [5.41, 5.74) is 3.31. The molecule has 0 saturated heterocycles. The molecule has 28 heavy (non-hydrogen) atoms. The average Bonchev–Trinajstić information content (AvgIpc) is 3.17. The Morgan fingerprint density at radius 1 is 1.00 bits per heavy atom. The Kier molecular flexibility index (Phi) is 4.94. The molecule has 3 aromatic carbocycles. The molecule has 4 heteroatoms. The molecule has 0 unspecified atom stereocenters. The number of carbonyl (C=O) groups excluding carboxylic acids is 1. The van der Waals surface area contributed by atoms with Gasteiger partial charge in [-0.25, -0.2) is 4.39 Å². The first kappa shape index (κ1) is 18.0. The van der Waals surface area contributed by atoms with E-state index in [0.717, 1.165) is 22.9 Å². The van der Waals surface area contributed by atoms with Crippen LogP contribution in [0.2, 0.25) is 0 Å². The summed E-state index contributed by atoms with van der Waals surface area (Å²) in [6, 6.07) is 21.2. The van der Waals surface area contributed by atoms with E-state index in [4.69, 9.17) is 4.74 Å². The summed E-state index contributed by atoms with van der Waals surface area (Å²) in [5.74, 6) is -0.656. The molecule has 1 atom stereocenters. The lowest BCUT2D eigenvalue weighted by atomic mass is 9.98. The summed E-state index contributed by atoms with van der Waals surface area (Å²) >= 11 is 0. The second-order valence-electron chi connectivity index (χ2n) is 6.60. The molecule has 4 rings (SSSR count). The van der Waals surface area contributed by atoms with E-state index in [2.05, 4.69) is 11.9 Å². The van der Waals surface area contributed by atoms with Gasteiger partial charge >= 0.3 is 0 Å². The molecule has 140 valence electrons. The lowest BCUT2D eigenvalue weighted by molar-refractivity contribution is 0.0787. The number of fused-ring (bicyclic) bond motifs is 1. The number of carbonyl (C=O) groups is 1. The van der Waals surface area contributed by atoms with Gasteiger partial charge < -0.3 is 9.72 Å². The molecule has 0 amide bonds. The number of halogens is 1. The monoisotopic (exact) mass is 373 g/mol. The second-order valence-corrected chi connectivity index (χ2v) is 6.60. The van der Waals surface area contributed by atoms with Gasteiger partial charge in [0.1, 0.15) is 0 Å². The SMILES string of the molecule is CCc1cccc2c(C(=O)[C@H](Oc3ccccc3F)c3ccccc3)c[nH]c12.